The number of nitrogens with two attached hydrogens (primary N) is 1. The Kier molecular flexibility index (Phi) is 5.81. The molecule has 0 aliphatic heterocycles. The van der Waals surface area contributed by atoms with Gasteiger partial charge in [-0.15, -0.1) is 0 Å². The van der Waals surface area contributed by atoms with E-state index >= 15 is 0 Å². The topological polar surface area (TPSA) is 29.3 Å². The van der Waals surface area contributed by atoms with Gasteiger partial charge in [0, 0.05) is 18.1 Å². The van der Waals surface area contributed by atoms with Crippen molar-refractivity contribution >= 4 is 11.6 Å². The molecule has 0 saturated heterocycles. The molecule has 0 aliphatic carbocycles. The van der Waals surface area contributed by atoms with E-state index in [0.717, 1.165) is 36.6 Å². The number of hydrogen-bond acceptors (Lipinski definition) is 2. The second kappa shape index (κ2) is 6.89. The van der Waals surface area contributed by atoms with Gasteiger partial charge in [-0.1, -0.05) is 37.6 Å². The maximum atomic E-state index is 6.20. The van der Waals surface area contributed by atoms with Crippen molar-refractivity contribution in [3.05, 3.63) is 34.3 Å². The van der Waals surface area contributed by atoms with E-state index in [4.69, 9.17) is 17.3 Å². The average molecular weight is 241 g/mol. The van der Waals surface area contributed by atoms with Crippen molar-refractivity contribution in [1.29, 1.82) is 0 Å². The van der Waals surface area contributed by atoms with E-state index in [1.165, 1.54) is 5.56 Å². The van der Waals surface area contributed by atoms with Crippen molar-refractivity contribution in [2.24, 2.45) is 5.73 Å². The molecule has 1 aromatic carbocycles. The van der Waals surface area contributed by atoms with Crippen LogP contribution in [-0.4, -0.2) is 24.5 Å². The summed E-state index contributed by atoms with van der Waals surface area (Å²) in [5.41, 5.74) is 7.87. The van der Waals surface area contributed by atoms with Crippen molar-refractivity contribution in [3.63, 3.8) is 0 Å². The summed E-state index contributed by atoms with van der Waals surface area (Å²) in [6, 6.07) is 6.12. The van der Waals surface area contributed by atoms with Gasteiger partial charge in [0.15, 0.2) is 0 Å². The van der Waals surface area contributed by atoms with Crippen molar-refractivity contribution in [3.8, 4) is 0 Å². The van der Waals surface area contributed by atoms with Crippen LogP contribution in [-0.2, 0) is 13.0 Å². The molecule has 16 heavy (non-hydrogen) atoms. The Labute approximate surface area is 103 Å². The van der Waals surface area contributed by atoms with Gasteiger partial charge < -0.3 is 10.6 Å². The van der Waals surface area contributed by atoms with Crippen molar-refractivity contribution in [2.75, 3.05) is 19.6 Å². The van der Waals surface area contributed by atoms with Crippen molar-refractivity contribution in [1.82, 2.24) is 4.90 Å². The van der Waals surface area contributed by atoms with E-state index in [2.05, 4.69) is 30.9 Å². The minimum atomic E-state index is 0.552. The lowest BCUT2D eigenvalue weighted by Crippen LogP contribution is -2.25. The number of likely N-dealkylation sites (N-methyl/N-ethyl adjacent to an activating group) is 1. The summed E-state index contributed by atoms with van der Waals surface area (Å²) in [6.45, 7) is 8.17. The van der Waals surface area contributed by atoms with Crippen LogP contribution in [0.5, 0.6) is 0 Å². The number of hydrogen-bond donors (Lipinski definition) is 1. The third kappa shape index (κ3) is 3.78. The fourth-order valence-corrected chi connectivity index (χ4v) is 2.04. The molecule has 0 saturated carbocycles. The number of rotatable bonds is 6. The van der Waals surface area contributed by atoms with Gasteiger partial charge in [0.2, 0.25) is 0 Å². The fourth-order valence-electron chi connectivity index (χ4n) is 1.74. The van der Waals surface area contributed by atoms with Crippen LogP contribution in [0.3, 0.4) is 0 Å². The first-order valence-corrected chi connectivity index (χ1v) is 6.28. The van der Waals surface area contributed by atoms with Crippen LogP contribution in [0.1, 0.15) is 25.0 Å². The number of halogens is 1. The molecule has 0 bridgehead atoms. The van der Waals surface area contributed by atoms with Gasteiger partial charge in [-0.05, 0) is 36.7 Å². The normalized spacial score (nSPS) is 11.1. The lowest BCUT2D eigenvalue weighted by Gasteiger charge is -2.18. The molecular formula is C13H21ClN2. The summed E-state index contributed by atoms with van der Waals surface area (Å²) in [6.07, 6.45) is 1.01. The maximum absolute atomic E-state index is 6.20. The van der Waals surface area contributed by atoms with Crippen LogP contribution in [0.15, 0.2) is 18.2 Å². The SMILES string of the molecule is CCN(CC)CCc1ccc(CN)cc1Cl. The third-order valence-corrected chi connectivity index (χ3v) is 3.30. The summed E-state index contributed by atoms with van der Waals surface area (Å²) < 4.78 is 0. The Bertz CT molecular complexity index is 322. The summed E-state index contributed by atoms with van der Waals surface area (Å²) in [7, 11) is 0. The summed E-state index contributed by atoms with van der Waals surface area (Å²) in [4.78, 5) is 2.40. The minimum Gasteiger partial charge on any atom is -0.326 e. The van der Waals surface area contributed by atoms with Gasteiger partial charge in [0.25, 0.3) is 0 Å². The van der Waals surface area contributed by atoms with Crippen molar-refractivity contribution < 1.29 is 0 Å². The van der Waals surface area contributed by atoms with Crippen LogP contribution in [0, 0.1) is 0 Å². The van der Waals surface area contributed by atoms with E-state index < -0.39 is 0 Å². The molecule has 0 fully saturated rings. The maximum Gasteiger partial charge on any atom is 0.0441 e. The molecule has 1 rings (SSSR count). The second-order valence-corrected chi connectivity index (χ2v) is 4.31. The molecule has 0 aliphatic rings. The first-order valence-electron chi connectivity index (χ1n) is 5.91. The molecule has 2 N–H and O–H groups in total. The van der Waals surface area contributed by atoms with E-state index in [-0.39, 0.29) is 0 Å². The van der Waals surface area contributed by atoms with Gasteiger partial charge in [-0.3, -0.25) is 0 Å². The fraction of sp³-hybridized carbons (Fsp3) is 0.538. The quantitative estimate of drug-likeness (QED) is 0.829. The number of nitrogens with zero attached hydrogens (tertiary/aromatic N) is 1. The zero-order chi connectivity index (χ0) is 12.0. The summed E-state index contributed by atoms with van der Waals surface area (Å²) in [5.74, 6) is 0. The van der Waals surface area contributed by atoms with E-state index in [9.17, 15) is 0 Å². The van der Waals surface area contributed by atoms with Crippen molar-refractivity contribution in [2.45, 2.75) is 26.8 Å². The Hall–Kier alpha value is -0.570. The van der Waals surface area contributed by atoms with E-state index in [1.54, 1.807) is 0 Å². The standard InChI is InChI=1S/C13H21ClN2/c1-3-16(4-2)8-7-12-6-5-11(10-15)9-13(12)14/h5-6,9H,3-4,7-8,10,15H2,1-2H3. The molecule has 0 aromatic heterocycles. The second-order valence-electron chi connectivity index (χ2n) is 3.91. The molecule has 0 spiro atoms. The van der Waals surface area contributed by atoms with Gasteiger partial charge in [-0.25, -0.2) is 0 Å². The Balaban J connectivity index is 2.60. The van der Waals surface area contributed by atoms with E-state index in [0.29, 0.717) is 6.54 Å². The highest BCUT2D eigenvalue weighted by molar-refractivity contribution is 6.31. The van der Waals surface area contributed by atoms with Crippen LogP contribution in [0.2, 0.25) is 5.02 Å². The molecule has 1 aromatic rings. The van der Waals surface area contributed by atoms with Gasteiger partial charge in [-0.2, -0.15) is 0 Å². The highest BCUT2D eigenvalue weighted by atomic mass is 35.5. The smallest absolute Gasteiger partial charge is 0.0441 e. The molecule has 0 heterocycles. The van der Waals surface area contributed by atoms with Gasteiger partial charge >= 0.3 is 0 Å². The first kappa shape index (κ1) is 13.5. The van der Waals surface area contributed by atoms with Crippen LogP contribution >= 0.6 is 11.6 Å². The first-order chi connectivity index (χ1) is 7.71. The Morgan fingerprint density at radius 2 is 1.94 bits per heavy atom. The average Bonchev–Trinajstić information content (AvgIpc) is 2.32. The summed E-state index contributed by atoms with van der Waals surface area (Å²) >= 11 is 6.20. The van der Waals surface area contributed by atoms with Crippen LogP contribution in [0.25, 0.3) is 0 Å². The number of benzene rings is 1. The van der Waals surface area contributed by atoms with Gasteiger partial charge in [0.1, 0.15) is 0 Å². The highest BCUT2D eigenvalue weighted by Gasteiger charge is 2.04. The molecule has 0 unspecified atom stereocenters. The third-order valence-electron chi connectivity index (χ3n) is 2.94. The van der Waals surface area contributed by atoms with Crippen LogP contribution < -0.4 is 5.73 Å². The minimum absolute atomic E-state index is 0.552. The lowest BCUT2D eigenvalue weighted by molar-refractivity contribution is 0.308. The predicted octanol–water partition coefficient (Wildman–Crippen LogP) is 2.68. The zero-order valence-corrected chi connectivity index (χ0v) is 10.9. The monoisotopic (exact) mass is 240 g/mol. The lowest BCUT2D eigenvalue weighted by atomic mass is 10.1. The Morgan fingerprint density at radius 1 is 1.25 bits per heavy atom. The molecule has 0 radical (unpaired) electrons. The molecule has 0 atom stereocenters. The van der Waals surface area contributed by atoms with Gasteiger partial charge in [0.05, 0.1) is 0 Å². The summed E-state index contributed by atoms with van der Waals surface area (Å²) in [5, 5.41) is 0.843. The predicted molar refractivity (Wildman–Crippen MR) is 70.8 cm³/mol. The largest absolute Gasteiger partial charge is 0.326 e. The molecule has 90 valence electrons. The molecular weight excluding hydrogens is 220 g/mol. The molecule has 0 amide bonds. The highest BCUT2D eigenvalue weighted by Crippen LogP contribution is 2.18. The zero-order valence-electron chi connectivity index (χ0n) is 10.2. The molecule has 3 heteroatoms. The molecule has 2 nitrogen and oxygen atoms in total. The Morgan fingerprint density at radius 3 is 2.44 bits per heavy atom. The van der Waals surface area contributed by atoms with Crippen LogP contribution in [0.4, 0.5) is 0 Å². The van der Waals surface area contributed by atoms with E-state index in [1.807, 2.05) is 6.07 Å².